The first kappa shape index (κ1) is 33.1. The van der Waals surface area contributed by atoms with Crippen LogP contribution in [-0.2, 0) is 15.0 Å². The van der Waals surface area contributed by atoms with Gasteiger partial charge in [0.2, 0.25) is 11.8 Å². The van der Waals surface area contributed by atoms with Crippen LogP contribution in [0.5, 0.6) is 0 Å². The second-order valence-corrected chi connectivity index (χ2v) is 13.2. The maximum Gasteiger partial charge on any atom is 0.324 e. The minimum absolute atomic E-state index is 0.132. The van der Waals surface area contributed by atoms with E-state index >= 15 is 0 Å². The SMILES string of the molecule is CC(C)(C)c1cc(C(O)N2CCN(CC(=O)NCC(O)CO)C(=O)C2(C)C)c(NC(=O)Nc2cccc(Cl)c2Cl)s1. The lowest BCUT2D eigenvalue weighted by Gasteiger charge is -2.47. The average molecular weight is 631 g/mol. The number of aliphatic hydroxyl groups is 3. The van der Waals surface area contributed by atoms with Crippen LogP contribution >= 0.6 is 34.5 Å². The highest BCUT2D eigenvalue weighted by molar-refractivity contribution is 7.16. The van der Waals surface area contributed by atoms with Gasteiger partial charge >= 0.3 is 6.03 Å². The topological polar surface area (TPSA) is 154 Å². The zero-order valence-electron chi connectivity index (χ0n) is 23.6. The van der Waals surface area contributed by atoms with Crippen LogP contribution in [0.4, 0.5) is 15.5 Å². The molecule has 2 aromatic rings. The van der Waals surface area contributed by atoms with Gasteiger partial charge in [0.05, 0.1) is 40.5 Å². The molecule has 2 atom stereocenters. The number of amides is 4. The Kier molecular flexibility index (Phi) is 10.7. The second kappa shape index (κ2) is 13.2. The summed E-state index contributed by atoms with van der Waals surface area (Å²) in [4.78, 5) is 42.6. The summed E-state index contributed by atoms with van der Waals surface area (Å²) in [7, 11) is 0. The lowest BCUT2D eigenvalue weighted by atomic mass is 9.93. The van der Waals surface area contributed by atoms with Gasteiger partial charge in [-0.3, -0.25) is 19.8 Å². The number of hydrogen-bond donors (Lipinski definition) is 6. The van der Waals surface area contributed by atoms with Crippen molar-refractivity contribution in [3.05, 3.63) is 44.8 Å². The monoisotopic (exact) mass is 629 g/mol. The number of benzene rings is 1. The van der Waals surface area contributed by atoms with Gasteiger partial charge in [0.1, 0.15) is 11.2 Å². The van der Waals surface area contributed by atoms with E-state index < -0.39 is 36.4 Å². The maximum atomic E-state index is 13.4. The van der Waals surface area contributed by atoms with Crippen molar-refractivity contribution < 1.29 is 29.7 Å². The summed E-state index contributed by atoms with van der Waals surface area (Å²) < 4.78 is 0. The molecule has 0 radical (unpaired) electrons. The van der Waals surface area contributed by atoms with Gasteiger partial charge in [-0.15, -0.1) is 11.3 Å². The number of nitrogens with zero attached hydrogens (tertiary/aromatic N) is 2. The van der Waals surface area contributed by atoms with Gasteiger partial charge in [-0.1, -0.05) is 50.0 Å². The minimum Gasteiger partial charge on any atom is -0.394 e. The van der Waals surface area contributed by atoms with Crippen molar-refractivity contribution in [2.24, 2.45) is 0 Å². The Balaban J connectivity index is 1.81. The number of rotatable bonds is 9. The minimum atomic E-state index is -1.25. The molecule has 0 saturated carbocycles. The molecule has 1 aromatic carbocycles. The molecule has 0 aliphatic carbocycles. The van der Waals surface area contributed by atoms with E-state index in [1.54, 1.807) is 36.9 Å². The van der Waals surface area contributed by atoms with E-state index in [1.807, 2.05) is 26.8 Å². The quantitative estimate of drug-likeness (QED) is 0.248. The highest BCUT2D eigenvalue weighted by Crippen LogP contribution is 2.42. The Labute approximate surface area is 253 Å². The van der Waals surface area contributed by atoms with Gasteiger partial charge < -0.3 is 30.9 Å². The van der Waals surface area contributed by atoms with Crippen molar-refractivity contribution in [3.63, 3.8) is 0 Å². The number of nitrogens with one attached hydrogen (secondary N) is 3. The molecule has 2 heterocycles. The molecule has 0 spiro atoms. The summed E-state index contributed by atoms with van der Waals surface area (Å²) >= 11 is 13.6. The van der Waals surface area contributed by atoms with E-state index in [9.17, 15) is 24.6 Å². The van der Waals surface area contributed by atoms with Crippen LogP contribution in [0.25, 0.3) is 0 Å². The van der Waals surface area contributed by atoms with Gasteiger partial charge in [0, 0.05) is 30.1 Å². The number of urea groups is 1. The third-order valence-corrected chi connectivity index (χ3v) is 9.03. The van der Waals surface area contributed by atoms with E-state index in [4.69, 9.17) is 28.3 Å². The van der Waals surface area contributed by atoms with E-state index in [0.29, 0.717) is 16.3 Å². The first-order valence-corrected chi connectivity index (χ1v) is 14.6. The van der Waals surface area contributed by atoms with Crippen molar-refractivity contribution in [2.75, 3.05) is 43.4 Å². The largest absolute Gasteiger partial charge is 0.394 e. The molecule has 11 nitrogen and oxygen atoms in total. The van der Waals surface area contributed by atoms with Crippen LogP contribution < -0.4 is 16.0 Å². The third-order valence-electron chi connectivity index (χ3n) is 6.72. The van der Waals surface area contributed by atoms with E-state index in [-0.39, 0.29) is 47.5 Å². The molecule has 3 rings (SSSR count). The van der Waals surface area contributed by atoms with Crippen LogP contribution in [0.1, 0.15) is 51.3 Å². The first-order chi connectivity index (χ1) is 19.1. The van der Waals surface area contributed by atoms with Crippen molar-refractivity contribution >= 4 is 63.1 Å². The molecule has 4 amide bonds. The lowest BCUT2D eigenvalue weighted by Crippen LogP contribution is -2.64. The number of carbonyl (C=O) groups excluding carboxylic acids is 3. The Morgan fingerprint density at radius 2 is 1.83 bits per heavy atom. The van der Waals surface area contributed by atoms with E-state index in [0.717, 1.165) is 4.88 Å². The smallest absolute Gasteiger partial charge is 0.324 e. The summed E-state index contributed by atoms with van der Waals surface area (Å²) in [5.41, 5.74) is -0.728. The number of hydrogen-bond acceptors (Lipinski definition) is 8. The third kappa shape index (κ3) is 7.89. The number of thiophene rings is 1. The van der Waals surface area contributed by atoms with Crippen molar-refractivity contribution in [2.45, 2.75) is 57.9 Å². The maximum absolute atomic E-state index is 13.4. The molecule has 6 N–H and O–H groups in total. The van der Waals surface area contributed by atoms with E-state index in [1.165, 1.54) is 16.2 Å². The fourth-order valence-corrected chi connectivity index (χ4v) is 5.80. The zero-order valence-corrected chi connectivity index (χ0v) is 26.0. The summed E-state index contributed by atoms with van der Waals surface area (Å²) in [6, 6.07) is 6.11. The van der Waals surface area contributed by atoms with Crippen LogP contribution in [0.2, 0.25) is 10.0 Å². The number of anilines is 2. The highest BCUT2D eigenvalue weighted by Gasteiger charge is 2.46. The molecular formula is C27H37Cl2N5O6S. The van der Waals surface area contributed by atoms with Crippen molar-refractivity contribution in [3.8, 4) is 0 Å². The fraction of sp³-hybridized carbons (Fsp3) is 0.519. The molecule has 1 aliphatic rings. The summed E-state index contributed by atoms with van der Waals surface area (Å²) in [5, 5.41) is 38.9. The van der Waals surface area contributed by atoms with Crippen LogP contribution in [0, 0.1) is 0 Å². The van der Waals surface area contributed by atoms with Crippen molar-refractivity contribution in [1.29, 1.82) is 0 Å². The Bertz CT molecular complexity index is 1280. The second-order valence-electron chi connectivity index (χ2n) is 11.3. The summed E-state index contributed by atoms with van der Waals surface area (Å²) in [5.74, 6) is -0.838. The molecule has 1 fully saturated rings. The predicted molar refractivity (Wildman–Crippen MR) is 161 cm³/mol. The molecule has 1 aliphatic heterocycles. The van der Waals surface area contributed by atoms with Crippen LogP contribution in [0.15, 0.2) is 24.3 Å². The Hall–Kier alpha value is -2.45. The molecule has 14 heteroatoms. The number of halogens is 2. The number of aliphatic hydroxyl groups excluding tert-OH is 3. The van der Waals surface area contributed by atoms with Gasteiger partial charge in [-0.25, -0.2) is 4.79 Å². The molecule has 1 aromatic heterocycles. The van der Waals surface area contributed by atoms with Crippen molar-refractivity contribution in [1.82, 2.24) is 15.1 Å². The standard InChI is InChI=1S/C27H37Cl2N5O6S/c1-26(2,3)19-11-16(22(41-19)32-25(40)31-18-8-6-7-17(28)21(18)29)23(38)34-10-9-33(24(39)27(34,4)5)13-20(37)30-12-15(36)14-35/h6-8,11,15,23,35-36,38H,9-10,12-14H2,1-5H3,(H,30,37)(H2,31,32,40). The van der Waals surface area contributed by atoms with Gasteiger partial charge in [0.25, 0.3) is 0 Å². The molecule has 0 bridgehead atoms. The van der Waals surface area contributed by atoms with Crippen LogP contribution in [-0.4, -0.2) is 87.4 Å². The fourth-order valence-electron chi connectivity index (χ4n) is 4.31. The normalized spacial score (nSPS) is 17.2. The molecule has 41 heavy (non-hydrogen) atoms. The average Bonchev–Trinajstić information content (AvgIpc) is 3.32. The zero-order chi connectivity index (χ0) is 30.7. The number of carbonyl (C=O) groups is 3. The van der Waals surface area contributed by atoms with Gasteiger partial charge in [-0.05, 0) is 37.5 Å². The van der Waals surface area contributed by atoms with Crippen LogP contribution in [0.3, 0.4) is 0 Å². The predicted octanol–water partition coefficient (Wildman–Crippen LogP) is 3.38. The number of piperazine rings is 1. The van der Waals surface area contributed by atoms with E-state index in [2.05, 4.69) is 16.0 Å². The van der Waals surface area contributed by atoms with Gasteiger partial charge in [-0.2, -0.15) is 0 Å². The Morgan fingerprint density at radius 3 is 2.46 bits per heavy atom. The lowest BCUT2D eigenvalue weighted by molar-refractivity contribution is -0.163. The van der Waals surface area contributed by atoms with Gasteiger partial charge in [0.15, 0.2) is 0 Å². The molecule has 226 valence electrons. The first-order valence-electron chi connectivity index (χ1n) is 13.0. The molecule has 2 unspecified atom stereocenters. The summed E-state index contributed by atoms with van der Waals surface area (Å²) in [6.07, 6.45) is -2.34. The molecule has 1 saturated heterocycles. The summed E-state index contributed by atoms with van der Waals surface area (Å²) in [6.45, 7) is 8.94. The highest BCUT2D eigenvalue weighted by atomic mass is 35.5. The molecular weight excluding hydrogens is 593 g/mol. The Morgan fingerprint density at radius 1 is 1.15 bits per heavy atom.